The predicted octanol–water partition coefficient (Wildman–Crippen LogP) is 1.19. The molecule has 120 valence electrons. The van der Waals surface area contributed by atoms with Gasteiger partial charge in [0.25, 0.3) is 5.91 Å². The van der Waals surface area contributed by atoms with Crippen LogP contribution in [0.1, 0.15) is 36.0 Å². The van der Waals surface area contributed by atoms with Crippen LogP contribution in [-0.4, -0.2) is 30.9 Å². The first-order chi connectivity index (χ1) is 10.6. The van der Waals surface area contributed by atoms with Crippen molar-refractivity contribution in [2.75, 3.05) is 13.1 Å². The molecule has 2 rings (SSSR count). The van der Waals surface area contributed by atoms with E-state index < -0.39 is 0 Å². The van der Waals surface area contributed by atoms with Gasteiger partial charge in [-0.25, -0.2) is 4.39 Å². The molecule has 2 amide bonds. The average Bonchev–Trinajstić information content (AvgIpc) is 2.51. The Labute approximate surface area is 129 Å². The second kappa shape index (κ2) is 7.89. The van der Waals surface area contributed by atoms with Crippen LogP contribution in [0.2, 0.25) is 0 Å². The van der Waals surface area contributed by atoms with E-state index in [1.54, 1.807) is 0 Å². The standard InChI is InChI=1S/C16H22FN3O2/c17-13-6-4-11(5-7-13)15(21)19-8-9-20-16(22)12-2-1-3-14(18)10-12/h4-7,12,14H,1-3,8-10,18H2,(H,19,21)(H,20,22). The highest BCUT2D eigenvalue weighted by atomic mass is 19.1. The van der Waals surface area contributed by atoms with Gasteiger partial charge in [-0.1, -0.05) is 6.42 Å². The zero-order valence-electron chi connectivity index (χ0n) is 12.5. The monoisotopic (exact) mass is 307 g/mol. The Hall–Kier alpha value is -1.95. The molecule has 0 saturated heterocycles. The fourth-order valence-electron chi connectivity index (χ4n) is 2.68. The lowest BCUT2D eigenvalue weighted by Gasteiger charge is -2.25. The second-order valence-corrected chi connectivity index (χ2v) is 5.68. The molecule has 2 unspecified atom stereocenters. The number of carbonyl (C=O) groups excluding carboxylic acids is 2. The van der Waals surface area contributed by atoms with Crippen molar-refractivity contribution in [2.24, 2.45) is 11.7 Å². The molecule has 1 saturated carbocycles. The van der Waals surface area contributed by atoms with Gasteiger partial charge in [-0.05, 0) is 43.5 Å². The third-order valence-electron chi connectivity index (χ3n) is 3.90. The summed E-state index contributed by atoms with van der Waals surface area (Å²) in [4.78, 5) is 23.8. The Morgan fingerprint density at radius 1 is 1.14 bits per heavy atom. The third kappa shape index (κ3) is 4.80. The number of amides is 2. The van der Waals surface area contributed by atoms with Crippen LogP contribution in [-0.2, 0) is 4.79 Å². The fourth-order valence-corrected chi connectivity index (χ4v) is 2.68. The molecule has 4 N–H and O–H groups in total. The maximum Gasteiger partial charge on any atom is 0.251 e. The molecule has 5 nitrogen and oxygen atoms in total. The lowest BCUT2D eigenvalue weighted by molar-refractivity contribution is -0.126. The SMILES string of the molecule is NC1CCCC(C(=O)NCCNC(=O)c2ccc(F)cc2)C1. The van der Waals surface area contributed by atoms with Crippen molar-refractivity contribution < 1.29 is 14.0 Å². The number of benzene rings is 1. The van der Waals surface area contributed by atoms with Crippen LogP contribution in [0.4, 0.5) is 4.39 Å². The van der Waals surface area contributed by atoms with E-state index in [2.05, 4.69) is 10.6 Å². The summed E-state index contributed by atoms with van der Waals surface area (Å²) in [6, 6.07) is 5.44. The van der Waals surface area contributed by atoms with Crippen molar-refractivity contribution in [3.63, 3.8) is 0 Å². The molecule has 1 aromatic rings. The van der Waals surface area contributed by atoms with Crippen LogP contribution in [0.5, 0.6) is 0 Å². The van der Waals surface area contributed by atoms with Gasteiger partial charge in [0.2, 0.25) is 5.91 Å². The first kappa shape index (κ1) is 16.4. The third-order valence-corrected chi connectivity index (χ3v) is 3.90. The number of rotatable bonds is 5. The Bertz CT molecular complexity index is 519. The van der Waals surface area contributed by atoms with Crippen LogP contribution in [0, 0.1) is 11.7 Å². The van der Waals surface area contributed by atoms with Crippen molar-refractivity contribution in [2.45, 2.75) is 31.7 Å². The molecule has 0 radical (unpaired) electrons. The lowest BCUT2D eigenvalue weighted by Crippen LogP contribution is -2.40. The van der Waals surface area contributed by atoms with Crippen molar-refractivity contribution >= 4 is 11.8 Å². The number of hydrogen-bond donors (Lipinski definition) is 3. The molecule has 1 fully saturated rings. The molecule has 1 aliphatic carbocycles. The van der Waals surface area contributed by atoms with Gasteiger partial charge >= 0.3 is 0 Å². The Balaban J connectivity index is 1.67. The second-order valence-electron chi connectivity index (χ2n) is 5.68. The van der Waals surface area contributed by atoms with E-state index in [9.17, 15) is 14.0 Å². The summed E-state index contributed by atoms with van der Waals surface area (Å²) in [6.07, 6.45) is 3.58. The van der Waals surface area contributed by atoms with Gasteiger partial charge in [0, 0.05) is 30.6 Å². The minimum Gasteiger partial charge on any atom is -0.354 e. The molecule has 0 aliphatic heterocycles. The predicted molar refractivity (Wildman–Crippen MR) is 81.7 cm³/mol. The molecule has 2 atom stereocenters. The summed E-state index contributed by atoms with van der Waals surface area (Å²) in [5.41, 5.74) is 6.26. The van der Waals surface area contributed by atoms with E-state index >= 15 is 0 Å². The van der Waals surface area contributed by atoms with Crippen LogP contribution in [0.3, 0.4) is 0 Å². The van der Waals surface area contributed by atoms with Gasteiger partial charge in [0.15, 0.2) is 0 Å². The van der Waals surface area contributed by atoms with Crippen LogP contribution in [0.15, 0.2) is 24.3 Å². The zero-order chi connectivity index (χ0) is 15.9. The first-order valence-electron chi connectivity index (χ1n) is 7.63. The van der Waals surface area contributed by atoms with E-state index in [-0.39, 0.29) is 29.6 Å². The summed E-state index contributed by atoms with van der Waals surface area (Å²) in [6.45, 7) is 0.707. The molecule has 0 bridgehead atoms. The Morgan fingerprint density at radius 3 is 2.50 bits per heavy atom. The first-order valence-corrected chi connectivity index (χ1v) is 7.63. The van der Waals surface area contributed by atoms with E-state index in [0.29, 0.717) is 18.7 Å². The highest BCUT2D eigenvalue weighted by Gasteiger charge is 2.24. The number of nitrogens with two attached hydrogens (primary N) is 1. The Morgan fingerprint density at radius 2 is 1.82 bits per heavy atom. The highest BCUT2D eigenvalue weighted by Crippen LogP contribution is 2.22. The lowest BCUT2D eigenvalue weighted by atomic mass is 9.85. The van der Waals surface area contributed by atoms with Crippen molar-refractivity contribution in [3.8, 4) is 0 Å². The van der Waals surface area contributed by atoms with Gasteiger partial charge in [0.1, 0.15) is 5.82 Å². The topological polar surface area (TPSA) is 84.2 Å². The normalized spacial score (nSPS) is 21.2. The maximum atomic E-state index is 12.8. The number of halogens is 1. The molecule has 0 heterocycles. The molecular formula is C16H22FN3O2. The number of carbonyl (C=O) groups is 2. The van der Waals surface area contributed by atoms with Crippen LogP contribution >= 0.6 is 0 Å². The van der Waals surface area contributed by atoms with Gasteiger partial charge in [-0.3, -0.25) is 9.59 Å². The summed E-state index contributed by atoms with van der Waals surface area (Å²) >= 11 is 0. The average molecular weight is 307 g/mol. The quantitative estimate of drug-likeness (QED) is 0.714. The highest BCUT2D eigenvalue weighted by molar-refractivity contribution is 5.94. The number of nitrogens with one attached hydrogen (secondary N) is 2. The maximum absolute atomic E-state index is 12.8. The van der Waals surface area contributed by atoms with Crippen LogP contribution < -0.4 is 16.4 Å². The molecule has 22 heavy (non-hydrogen) atoms. The van der Waals surface area contributed by atoms with E-state index in [4.69, 9.17) is 5.73 Å². The zero-order valence-corrected chi connectivity index (χ0v) is 12.5. The molecular weight excluding hydrogens is 285 g/mol. The van der Waals surface area contributed by atoms with Crippen molar-refractivity contribution in [3.05, 3.63) is 35.6 Å². The van der Waals surface area contributed by atoms with E-state index in [0.717, 1.165) is 25.7 Å². The molecule has 0 spiro atoms. The van der Waals surface area contributed by atoms with Gasteiger partial charge in [-0.15, -0.1) is 0 Å². The molecule has 0 aromatic heterocycles. The summed E-state index contributed by atoms with van der Waals surface area (Å²) in [5, 5.41) is 5.50. The fraction of sp³-hybridized carbons (Fsp3) is 0.500. The van der Waals surface area contributed by atoms with E-state index in [1.165, 1.54) is 24.3 Å². The van der Waals surface area contributed by atoms with Gasteiger partial charge in [-0.2, -0.15) is 0 Å². The Kier molecular flexibility index (Phi) is 5.89. The molecule has 1 aliphatic rings. The summed E-state index contributed by atoms with van der Waals surface area (Å²) < 4.78 is 12.8. The van der Waals surface area contributed by atoms with Gasteiger partial charge < -0.3 is 16.4 Å². The number of hydrogen-bond acceptors (Lipinski definition) is 3. The smallest absolute Gasteiger partial charge is 0.251 e. The summed E-state index contributed by atoms with van der Waals surface area (Å²) in [7, 11) is 0. The summed E-state index contributed by atoms with van der Waals surface area (Å²) in [5.74, 6) is -0.675. The van der Waals surface area contributed by atoms with Crippen LogP contribution in [0.25, 0.3) is 0 Å². The minimum atomic E-state index is -0.380. The van der Waals surface area contributed by atoms with Crippen molar-refractivity contribution in [1.29, 1.82) is 0 Å². The molecule has 1 aromatic carbocycles. The van der Waals surface area contributed by atoms with Crippen molar-refractivity contribution in [1.82, 2.24) is 10.6 Å². The molecule has 6 heteroatoms. The largest absolute Gasteiger partial charge is 0.354 e. The minimum absolute atomic E-state index is 0.00572. The van der Waals surface area contributed by atoms with E-state index in [1.807, 2.05) is 0 Å². The van der Waals surface area contributed by atoms with Gasteiger partial charge in [0.05, 0.1) is 0 Å².